The van der Waals surface area contributed by atoms with Gasteiger partial charge in [-0.1, -0.05) is 6.58 Å². The highest BCUT2D eigenvalue weighted by Crippen LogP contribution is 2.34. The van der Waals surface area contributed by atoms with Gasteiger partial charge in [-0.05, 0) is 67.3 Å². The number of aromatic nitrogens is 2. The van der Waals surface area contributed by atoms with Crippen molar-refractivity contribution in [3.05, 3.63) is 66.6 Å². The molecule has 0 aliphatic carbocycles. The van der Waals surface area contributed by atoms with Gasteiger partial charge < -0.3 is 20.1 Å². The molecule has 0 unspecified atom stereocenters. The average molecular weight is 463 g/mol. The Hall–Kier alpha value is -3.94. The van der Waals surface area contributed by atoms with Crippen molar-refractivity contribution in [2.24, 2.45) is 0 Å². The first-order valence-corrected chi connectivity index (χ1v) is 11.2. The van der Waals surface area contributed by atoms with Gasteiger partial charge in [0.05, 0.1) is 19.0 Å². The monoisotopic (exact) mass is 462 g/mol. The lowest BCUT2D eigenvalue weighted by Gasteiger charge is -2.29. The van der Waals surface area contributed by atoms with Crippen molar-refractivity contribution in [3.63, 3.8) is 0 Å². The van der Waals surface area contributed by atoms with Crippen LogP contribution < -0.4 is 15.0 Å². The summed E-state index contributed by atoms with van der Waals surface area (Å²) < 4.78 is 19.7. The summed E-state index contributed by atoms with van der Waals surface area (Å²) in [5.74, 6) is 0.221. The number of hydrogen-bond donors (Lipinski definition) is 2. The Kier molecular flexibility index (Phi) is 7.06. The van der Waals surface area contributed by atoms with Crippen LogP contribution in [0.2, 0.25) is 0 Å². The summed E-state index contributed by atoms with van der Waals surface area (Å²) in [5, 5.41) is 13.5. The summed E-state index contributed by atoms with van der Waals surface area (Å²) in [6.07, 6.45) is 6.02. The molecule has 1 aliphatic heterocycles. The Balaban J connectivity index is 1.64. The molecule has 0 atom stereocenters. The molecule has 4 rings (SSSR count). The quantitative estimate of drug-likeness (QED) is 0.359. The number of anilines is 3. The summed E-state index contributed by atoms with van der Waals surface area (Å²) in [4.78, 5) is 22.9. The molecule has 34 heavy (non-hydrogen) atoms. The largest absolute Gasteiger partial charge is 0.506 e. The third kappa shape index (κ3) is 5.17. The molecular formula is C26H27FN4O3. The molecule has 1 saturated heterocycles. The second-order valence-corrected chi connectivity index (χ2v) is 8.14. The summed E-state index contributed by atoms with van der Waals surface area (Å²) >= 11 is 0. The van der Waals surface area contributed by atoms with E-state index < -0.39 is 5.82 Å². The maximum Gasteiger partial charge on any atom is 0.227 e. The minimum Gasteiger partial charge on any atom is -0.506 e. The summed E-state index contributed by atoms with van der Waals surface area (Å²) in [5.41, 5.74) is 2.80. The fourth-order valence-corrected chi connectivity index (χ4v) is 4.02. The minimum absolute atomic E-state index is 0.0888. The highest BCUT2D eigenvalue weighted by molar-refractivity contribution is 5.91. The highest BCUT2D eigenvalue weighted by atomic mass is 19.1. The average Bonchev–Trinajstić information content (AvgIpc) is 2.87. The van der Waals surface area contributed by atoms with Crippen LogP contribution in [0.5, 0.6) is 11.5 Å². The van der Waals surface area contributed by atoms with Crippen molar-refractivity contribution in [1.29, 1.82) is 0 Å². The fraction of sp³-hybridized carbons (Fsp3) is 0.269. The number of aromatic hydroxyl groups is 1. The number of phenolic OH excluding ortho intramolecular Hbond substituents is 1. The van der Waals surface area contributed by atoms with Crippen molar-refractivity contribution >= 4 is 23.1 Å². The van der Waals surface area contributed by atoms with Gasteiger partial charge in [0.25, 0.3) is 0 Å². The number of methoxy groups -OCH3 is 1. The van der Waals surface area contributed by atoms with Crippen molar-refractivity contribution in [1.82, 2.24) is 9.97 Å². The zero-order valence-corrected chi connectivity index (χ0v) is 19.1. The lowest BCUT2D eigenvalue weighted by molar-refractivity contribution is -0.114. The number of benzene rings is 2. The molecule has 0 spiro atoms. The van der Waals surface area contributed by atoms with E-state index in [4.69, 9.17) is 4.74 Å². The summed E-state index contributed by atoms with van der Waals surface area (Å²) in [7, 11) is 1.51. The van der Waals surface area contributed by atoms with Crippen molar-refractivity contribution in [3.8, 4) is 22.8 Å². The normalized spacial score (nSPS) is 13.4. The number of ketones is 1. The van der Waals surface area contributed by atoms with Gasteiger partial charge in [0.1, 0.15) is 17.3 Å². The second kappa shape index (κ2) is 10.3. The van der Waals surface area contributed by atoms with E-state index in [9.17, 15) is 14.3 Å². The van der Waals surface area contributed by atoms with Gasteiger partial charge in [-0.25, -0.2) is 14.4 Å². The number of allylic oxidation sites excluding steroid dienone is 1. The number of ether oxygens (including phenoxy) is 1. The van der Waals surface area contributed by atoms with Gasteiger partial charge >= 0.3 is 0 Å². The molecule has 2 heterocycles. The predicted molar refractivity (Wildman–Crippen MR) is 130 cm³/mol. The summed E-state index contributed by atoms with van der Waals surface area (Å²) in [6.45, 7) is 5.26. The number of nitrogens with one attached hydrogen (secondary N) is 1. The van der Waals surface area contributed by atoms with Crippen LogP contribution in [-0.2, 0) is 11.2 Å². The highest BCUT2D eigenvalue weighted by Gasteiger charge is 2.17. The number of phenols is 1. The van der Waals surface area contributed by atoms with Crippen molar-refractivity contribution in [2.45, 2.75) is 25.7 Å². The number of piperidine rings is 1. The molecule has 8 heteroatoms. The van der Waals surface area contributed by atoms with Gasteiger partial charge in [0.2, 0.25) is 5.95 Å². The number of rotatable bonds is 8. The Labute approximate surface area is 197 Å². The molecular weight excluding hydrogens is 435 g/mol. The van der Waals surface area contributed by atoms with Gasteiger partial charge in [-0.15, -0.1) is 0 Å². The molecule has 1 fully saturated rings. The van der Waals surface area contributed by atoms with Gasteiger partial charge in [0, 0.05) is 30.8 Å². The zero-order valence-electron chi connectivity index (χ0n) is 19.1. The first-order valence-electron chi connectivity index (χ1n) is 11.2. The third-order valence-corrected chi connectivity index (χ3v) is 5.81. The van der Waals surface area contributed by atoms with E-state index in [1.54, 1.807) is 24.3 Å². The topological polar surface area (TPSA) is 87.6 Å². The summed E-state index contributed by atoms with van der Waals surface area (Å²) in [6, 6.07) is 9.76. The zero-order chi connectivity index (χ0) is 24.1. The lowest BCUT2D eigenvalue weighted by Crippen LogP contribution is -2.29. The SMILES string of the molecule is C=CC(=O)Cc1cc(-c2nc(Nc3ccc(O)c(N4CCCCC4)c3)ncc2OC)ccc1F. The molecule has 2 N–H and O–H groups in total. The van der Waals surface area contributed by atoms with Crippen LogP contribution in [0.25, 0.3) is 11.3 Å². The molecule has 176 valence electrons. The molecule has 0 saturated carbocycles. The third-order valence-electron chi connectivity index (χ3n) is 5.81. The van der Waals surface area contributed by atoms with Crippen LogP contribution in [0.15, 0.2) is 55.3 Å². The number of carbonyl (C=O) groups is 1. The molecule has 3 aromatic rings. The van der Waals surface area contributed by atoms with E-state index in [1.165, 1.54) is 31.9 Å². The Morgan fingerprint density at radius 2 is 2.03 bits per heavy atom. The molecule has 2 aromatic carbocycles. The van der Waals surface area contributed by atoms with Gasteiger partial charge in [-0.3, -0.25) is 4.79 Å². The molecule has 7 nitrogen and oxygen atoms in total. The number of halogens is 1. The van der Waals surface area contributed by atoms with Crippen LogP contribution in [0.3, 0.4) is 0 Å². The van der Waals surface area contributed by atoms with E-state index in [-0.39, 0.29) is 23.5 Å². The van der Waals surface area contributed by atoms with Crippen LogP contribution >= 0.6 is 0 Å². The molecule has 1 aliphatic rings. The Bertz CT molecular complexity index is 1210. The predicted octanol–water partition coefficient (Wildman–Crippen LogP) is 5.03. The number of carbonyl (C=O) groups excluding carboxylic acids is 1. The van der Waals surface area contributed by atoms with Crippen molar-refractivity contribution in [2.75, 3.05) is 30.4 Å². The first-order chi connectivity index (χ1) is 16.5. The van der Waals surface area contributed by atoms with E-state index >= 15 is 0 Å². The minimum atomic E-state index is -0.473. The molecule has 0 bridgehead atoms. The van der Waals surface area contributed by atoms with Crippen LogP contribution in [0.1, 0.15) is 24.8 Å². The first kappa shape index (κ1) is 23.2. The molecule has 0 radical (unpaired) electrons. The van der Waals surface area contributed by atoms with E-state index in [2.05, 4.69) is 26.8 Å². The maximum atomic E-state index is 14.3. The Morgan fingerprint density at radius 1 is 1.24 bits per heavy atom. The number of hydrogen-bond acceptors (Lipinski definition) is 7. The standard InChI is InChI=1S/C26H27FN4O3/c1-3-20(32)14-18-13-17(7-9-21(18)27)25-24(34-2)16-28-26(30-25)29-19-8-10-23(33)22(15-19)31-11-5-4-6-12-31/h3,7-10,13,15-16,33H,1,4-6,11-12,14H2,2H3,(H,28,29,30). The smallest absolute Gasteiger partial charge is 0.227 e. The fourth-order valence-electron chi connectivity index (χ4n) is 4.02. The van der Waals surface area contributed by atoms with Crippen molar-refractivity contribution < 1.29 is 19.0 Å². The Morgan fingerprint density at radius 3 is 2.76 bits per heavy atom. The lowest BCUT2D eigenvalue weighted by atomic mass is 10.0. The van der Waals surface area contributed by atoms with Crippen LogP contribution in [-0.4, -0.2) is 41.1 Å². The van der Waals surface area contributed by atoms with Gasteiger partial charge in [-0.2, -0.15) is 0 Å². The molecule has 0 amide bonds. The van der Waals surface area contributed by atoms with Gasteiger partial charge in [0.15, 0.2) is 11.5 Å². The van der Waals surface area contributed by atoms with E-state index in [0.29, 0.717) is 23.0 Å². The van der Waals surface area contributed by atoms with E-state index in [0.717, 1.165) is 37.3 Å². The maximum absolute atomic E-state index is 14.3. The molecule has 1 aromatic heterocycles. The number of nitrogens with zero attached hydrogens (tertiary/aromatic N) is 3. The second-order valence-electron chi connectivity index (χ2n) is 8.14. The van der Waals surface area contributed by atoms with E-state index in [1.807, 2.05) is 6.07 Å². The van der Waals surface area contributed by atoms with Crippen LogP contribution in [0, 0.1) is 5.82 Å². The van der Waals surface area contributed by atoms with Crippen LogP contribution in [0.4, 0.5) is 21.7 Å².